The van der Waals surface area contributed by atoms with E-state index in [0.29, 0.717) is 16.1 Å². The van der Waals surface area contributed by atoms with Crippen LogP contribution in [0.5, 0.6) is 0 Å². The van der Waals surface area contributed by atoms with Gasteiger partial charge >= 0.3 is 6.18 Å². The second kappa shape index (κ2) is 9.37. The molecule has 1 atom stereocenters. The van der Waals surface area contributed by atoms with Gasteiger partial charge in [0.2, 0.25) is 5.95 Å². The summed E-state index contributed by atoms with van der Waals surface area (Å²) >= 11 is 1.11. The number of rotatable bonds is 7. The Hall–Kier alpha value is -3.09. The highest BCUT2D eigenvalue weighted by Crippen LogP contribution is 2.31. The van der Waals surface area contributed by atoms with E-state index in [2.05, 4.69) is 25.6 Å². The molecule has 2 aromatic heterocycles. The van der Waals surface area contributed by atoms with Gasteiger partial charge in [0.25, 0.3) is 5.91 Å². The average molecular weight is 453 g/mol. The number of alkyl halides is 3. The fourth-order valence-electron chi connectivity index (χ4n) is 2.57. The molecule has 0 bridgehead atoms. The van der Waals surface area contributed by atoms with Crippen LogP contribution in [0.1, 0.15) is 21.1 Å². The highest BCUT2D eigenvalue weighted by Gasteiger charge is 2.32. The molecule has 1 amide bonds. The van der Waals surface area contributed by atoms with Crippen molar-refractivity contribution in [3.63, 3.8) is 0 Å². The van der Waals surface area contributed by atoms with Crippen LogP contribution in [0.2, 0.25) is 0 Å². The van der Waals surface area contributed by atoms with Crippen molar-refractivity contribution in [3.05, 3.63) is 52.9 Å². The fourth-order valence-corrected chi connectivity index (χ4v) is 3.39. The van der Waals surface area contributed by atoms with Gasteiger partial charge in [-0.2, -0.15) is 13.2 Å². The van der Waals surface area contributed by atoms with E-state index in [1.54, 1.807) is 12.1 Å². The Morgan fingerprint density at radius 3 is 2.74 bits per heavy atom. The lowest BCUT2D eigenvalue weighted by Crippen LogP contribution is -2.33. The number of aliphatic hydroxyl groups is 2. The number of benzene rings is 1. The molecule has 0 saturated carbocycles. The molecule has 0 radical (unpaired) electrons. The lowest BCUT2D eigenvalue weighted by molar-refractivity contribution is -0.141. The molecular formula is C19H18F3N5O3S. The van der Waals surface area contributed by atoms with E-state index in [4.69, 9.17) is 5.11 Å². The number of carbonyl (C=O) groups is 1. The third-order valence-corrected chi connectivity index (χ3v) is 5.02. The van der Waals surface area contributed by atoms with Crippen molar-refractivity contribution in [1.29, 1.82) is 0 Å². The lowest BCUT2D eigenvalue weighted by Gasteiger charge is -2.10. The SMILES string of the molecule is Cc1cc(Nc2nccc(C(F)(F)F)n2)cc(-c2cnc(C(=O)NCC(O)CO)s2)c1. The number of aryl methyl sites for hydroxylation is 1. The van der Waals surface area contributed by atoms with Crippen LogP contribution < -0.4 is 10.6 Å². The first-order chi connectivity index (χ1) is 14.7. The van der Waals surface area contributed by atoms with Crippen LogP contribution in [-0.2, 0) is 6.18 Å². The van der Waals surface area contributed by atoms with Gasteiger partial charge in [-0.1, -0.05) is 6.07 Å². The van der Waals surface area contributed by atoms with Crippen molar-refractivity contribution in [2.75, 3.05) is 18.5 Å². The van der Waals surface area contributed by atoms with Crippen molar-refractivity contribution in [2.45, 2.75) is 19.2 Å². The number of amides is 1. The summed E-state index contributed by atoms with van der Waals surface area (Å²) in [6.07, 6.45) is -3.12. The molecule has 0 aliphatic heterocycles. The Labute approximate surface area is 178 Å². The highest BCUT2D eigenvalue weighted by atomic mass is 32.1. The van der Waals surface area contributed by atoms with Crippen molar-refractivity contribution in [2.24, 2.45) is 0 Å². The Balaban J connectivity index is 1.79. The summed E-state index contributed by atoms with van der Waals surface area (Å²) in [4.78, 5) is 24.2. The highest BCUT2D eigenvalue weighted by molar-refractivity contribution is 7.17. The number of aliphatic hydroxyl groups excluding tert-OH is 2. The summed E-state index contributed by atoms with van der Waals surface area (Å²) < 4.78 is 38.6. The lowest BCUT2D eigenvalue weighted by atomic mass is 10.1. The Morgan fingerprint density at radius 1 is 1.26 bits per heavy atom. The topological polar surface area (TPSA) is 120 Å². The van der Waals surface area contributed by atoms with Gasteiger partial charge in [-0.05, 0) is 36.2 Å². The summed E-state index contributed by atoms with van der Waals surface area (Å²) in [7, 11) is 0. The van der Waals surface area contributed by atoms with Gasteiger partial charge in [0, 0.05) is 24.6 Å². The molecule has 1 unspecified atom stereocenters. The van der Waals surface area contributed by atoms with Crippen LogP contribution >= 0.6 is 11.3 Å². The van der Waals surface area contributed by atoms with E-state index in [1.165, 1.54) is 6.20 Å². The van der Waals surface area contributed by atoms with Crippen LogP contribution in [-0.4, -0.2) is 50.3 Å². The van der Waals surface area contributed by atoms with Crippen LogP contribution in [0.15, 0.2) is 36.7 Å². The number of thiazole rings is 1. The first-order valence-corrected chi connectivity index (χ1v) is 9.79. The van der Waals surface area contributed by atoms with Gasteiger partial charge in [-0.15, -0.1) is 11.3 Å². The van der Waals surface area contributed by atoms with Crippen molar-refractivity contribution in [1.82, 2.24) is 20.3 Å². The van der Waals surface area contributed by atoms with E-state index in [9.17, 15) is 23.1 Å². The molecule has 164 valence electrons. The van der Waals surface area contributed by atoms with Crippen molar-refractivity contribution >= 4 is 28.9 Å². The van der Waals surface area contributed by atoms with E-state index in [-0.39, 0.29) is 17.5 Å². The quantitative estimate of drug-likeness (QED) is 0.434. The number of nitrogens with one attached hydrogen (secondary N) is 2. The summed E-state index contributed by atoms with van der Waals surface area (Å²) in [5, 5.41) is 23.5. The predicted octanol–water partition coefficient (Wildman–Crippen LogP) is 2.75. The van der Waals surface area contributed by atoms with E-state index in [1.807, 2.05) is 13.0 Å². The first kappa shape index (κ1) is 22.6. The average Bonchev–Trinajstić information content (AvgIpc) is 3.21. The summed E-state index contributed by atoms with van der Waals surface area (Å²) in [5.41, 5.74) is 0.931. The summed E-state index contributed by atoms with van der Waals surface area (Å²) in [6, 6.07) is 6.03. The second-order valence-electron chi connectivity index (χ2n) is 6.55. The van der Waals surface area contributed by atoms with Gasteiger partial charge < -0.3 is 20.8 Å². The van der Waals surface area contributed by atoms with Gasteiger partial charge in [-0.3, -0.25) is 4.79 Å². The number of hydrogen-bond donors (Lipinski definition) is 4. The molecule has 3 rings (SSSR count). The van der Waals surface area contributed by atoms with Gasteiger partial charge in [-0.25, -0.2) is 15.0 Å². The van der Waals surface area contributed by atoms with Crippen LogP contribution in [0.3, 0.4) is 0 Å². The normalized spacial score (nSPS) is 12.5. The minimum absolute atomic E-state index is 0.111. The minimum Gasteiger partial charge on any atom is -0.394 e. The zero-order valence-corrected chi connectivity index (χ0v) is 17.0. The van der Waals surface area contributed by atoms with E-state index >= 15 is 0 Å². The molecule has 8 nitrogen and oxygen atoms in total. The minimum atomic E-state index is -4.58. The number of hydrogen-bond acceptors (Lipinski definition) is 8. The number of aromatic nitrogens is 3. The molecule has 0 fully saturated rings. The maximum atomic E-state index is 12.9. The second-order valence-corrected chi connectivity index (χ2v) is 7.58. The third kappa shape index (κ3) is 5.96. The standard InChI is InChI=1S/C19H18F3N5O3S/c1-10-4-11(14-8-25-17(31-14)16(30)24-7-13(29)9-28)6-12(5-10)26-18-23-3-2-15(27-18)19(20,21)22/h2-6,8,13,28-29H,7,9H2,1H3,(H,24,30)(H,23,26,27). The monoisotopic (exact) mass is 453 g/mol. The first-order valence-electron chi connectivity index (χ1n) is 8.98. The molecular weight excluding hydrogens is 435 g/mol. The molecule has 4 N–H and O–H groups in total. The maximum Gasteiger partial charge on any atom is 0.433 e. The molecule has 0 spiro atoms. The fraction of sp³-hybridized carbons (Fsp3) is 0.263. The molecule has 0 aliphatic rings. The summed E-state index contributed by atoms with van der Waals surface area (Å²) in [6.45, 7) is 1.23. The zero-order valence-electron chi connectivity index (χ0n) is 16.1. The molecule has 1 aromatic carbocycles. The van der Waals surface area contributed by atoms with Crippen molar-refractivity contribution < 1.29 is 28.2 Å². The largest absolute Gasteiger partial charge is 0.433 e. The Bertz CT molecular complexity index is 1070. The Morgan fingerprint density at radius 2 is 2.03 bits per heavy atom. The molecule has 3 aromatic rings. The zero-order chi connectivity index (χ0) is 22.6. The number of carbonyl (C=O) groups excluding carboxylic acids is 1. The van der Waals surface area contributed by atoms with Gasteiger partial charge in [0.1, 0.15) is 5.69 Å². The smallest absolute Gasteiger partial charge is 0.394 e. The Kier molecular flexibility index (Phi) is 6.83. The molecule has 0 aliphatic carbocycles. The number of anilines is 2. The van der Waals surface area contributed by atoms with Crippen LogP contribution in [0.4, 0.5) is 24.8 Å². The predicted molar refractivity (Wildman–Crippen MR) is 108 cm³/mol. The molecule has 12 heteroatoms. The van der Waals surface area contributed by atoms with Crippen LogP contribution in [0.25, 0.3) is 10.4 Å². The number of nitrogens with zero attached hydrogens (tertiary/aromatic N) is 3. The number of halogens is 3. The third-order valence-electron chi connectivity index (χ3n) is 3.97. The van der Waals surface area contributed by atoms with Gasteiger partial charge in [0.15, 0.2) is 5.01 Å². The molecule has 0 saturated heterocycles. The van der Waals surface area contributed by atoms with Crippen molar-refractivity contribution in [3.8, 4) is 10.4 Å². The summed E-state index contributed by atoms with van der Waals surface area (Å²) in [5.74, 6) is -0.690. The van der Waals surface area contributed by atoms with E-state index in [0.717, 1.165) is 29.2 Å². The van der Waals surface area contributed by atoms with E-state index < -0.39 is 30.5 Å². The molecule has 31 heavy (non-hydrogen) atoms. The molecule has 2 heterocycles. The van der Waals surface area contributed by atoms with Gasteiger partial charge in [0.05, 0.1) is 17.6 Å². The maximum absolute atomic E-state index is 12.9. The van der Waals surface area contributed by atoms with Crippen LogP contribution in [0, 0.1) is 6.92 Å².